The molecular formula is C46H29N3O. The molecule has 0 radical (unpaired) electrons. The minimum absolute atomic E-state index is 0.670. The zero-order chi connectivity index (χ0) is 33.0. The molecule has 7 aromatic carbocycles. The summed E-state index contributed by atoms with van der Waals surface area (Å²) < 4.78 is 8.76. The van der Waals surface area contributed by atoms with Gasteiger partial charge in [0.1, 0.15) is 11.2 Å². The molecule has 0 amide bonds. The van der Waals surface area contributed by atoms with Gasteiger partial charge < -0.3 is 8.98 Å². The van der Waals surface area contributed by atoms with Crippen LogP contribution in [0.1, 0.15) is 0 Å². The van der Waals surface area contributed by atoms with E-state index in [9.17, 15) is 0 Å². The van der Waals surface area contributed by atoms with Crippen molar-refractivity contribution in [2.24, 2.45) is 0 Å². The predicted octanol–water partition coefficient (Wildman–Crippen LogP) is 12.1. The monoisotopic (exact) mass is 639 g/mol. The van der Waals surface area contributed by atoms with Gasteiger partial charge in [-0.05, 0) is 48.0 Å². The molecule has 0 aliphatic rings. The van der Waals surface area contributed by atoms with E-state index in [0.717, 1.165) is 77.9 Å². The lowest BCUT2D eigenvalue weighted by atomic mass is 9.99. The van der Waals surface area contributed by atoms with E-state index in [0.29, 0.717) is 5.82 Å². The molecular weight excluding hydrogens is 611 g/mol. The fraction of sp³-hybridized carbons (Fsp3) is 0. The maximum Gasteiger partial charge on any atom is 0.162 e. The van der Waals surface area contributed by atoms with Crippen LogP contribution in [0.5, 0.6) is 0 Å². The van der Waals surface area contributed by atoms with E-state index in [1.807, 2.05) is 18.2 Å². The van der Waals surface area contributed by atoms with Crippen LogP contribution in [-0.4, -0.2) is 14.5 Å². The molecule has 10 aromatic rings. The van der Waals surface area contributed by atoms with E-state index in [2.05, 4.69) is 162 Å². The lowest BCUT2D eigenvalue weighted by molar-refractivity contribution is 0.670. The Hall–Kier alpha value is -6.78. The van der Waals surface area contributed by atoms with Crippen molar-refractivity contribution in [2.45, 2.75) is 0 Å². The van der Waals surface area contributed by atoms with E-state index >= 15 is 0 Å². The van der Waals surface area contributed by atoms with E-state index in [-0.39, 0.29) is 0 Å². The smallest absolute Gasteiger partial charge is 0.162 e. The molecule has 4 nitrogen and oxygen atoms in total. The molecule has 0 bridgehead atoms. The van der Waals surface area contributed by atoms with Crippen molar-refractivity contribution in [2.75, 3.05) is 0 Å². The van der Waals surface area contributed by atoms with Crippen LogP contribution in [-0.2, 0) is 0 Å². The van der Waals surface area contributed by atoms with Gasteiger partial charge in [-0.3, -0.25) is 0 Å². The van der Waals surface area contributed by atoms with Gasteiger partial charge in [0, 0.05) is 43.8 Å². The van der Waals surface area contributed by atoms with Crippen LogP contribution < -0.4 is 0 Å². The summed E-state index contributed by atoms with van der Waals surface area (Å²) in [6.07, 6.45) is 0. The average molecular weight is 640 g/mol. The summed E-state index contributed by atoms with van der Waals surface area (Å²) in [5, 5.41) is 4.67. The van der Waals surface area contributed by atoms with Crippen LogP contribution in [0.4, 0.5) is 0 Å². The Morgan fingerprint density at radius 3 is 1.76 bits per heavy atom. The second-order valence-electron chi connectivity index (χ2n) is 12.6. The summed E-state index contributed by atoms with van der Waals surface area (Å²) in [4.78, 5) is 10.6. The van der Waals surface area contributed by atoms with Gasteiger partial charge >= 0.3 is 0 Å². The average Bonchev–Trinajstić information content (AvgIpc) is 3.74. The highest BCUT2D eigenvalue weighted by Gasteiger charge is 2.19. The molecule has 0 aliphatic heterocycles. The quantitative estimate of drug-likeness (QED) is 0.188. The summed E-state index contributed by atoms with van der Waals surface area (Å²) in [7, 11) is 0. The number of rotatable bonds is 5. The Bertz CT molecular complexity index is 2830. The number of fused-ring (bicyclic) bond motifs is 6. The fourth-order valence-electron chi connectivity index (χ4n) is 7.33. The largest absolute Gasteiger partial charge is 0.455 e. The number of hydrogen-bond donors (Lipinski definition) is 0. The van der Waals surface area contributed by atoms with Gasteiger partial charge in [0.25, 0.3) is 0 Å². The van der Waals surface area contributed by atoms with Crippen LogP contribution >= 0.6 is 0 Å². The molecule has 234 valence electrons. The lowest BCUT2D eigenvalue weighted by Gasteiger charge is -2.15. The summed E-state index contributed by atoms with van der Waals surface area (Å²) >= 11 is 0. The minimum atomic E-state index is 0.670. The zero-order valence-electron chi connectivity index (χ0n) is 27.0. The van der Waals surface area contributed by atoms with Crippen molar-refractivity contribution in [1.82, 2.24) is 14.5 Å². The van der Waals surface area contributed by atoms with Crippen molar-refractivity contribution >= 4 is 43.7 Å². The van der Waals surface area contributed by atoms with Crippen LogP contribution in [0.15, 0.2) is 180 Å². The number of hydrogen-bond acceptors (Lipinski definition) is 3. The molecule has 3 heterocycles. The van der Waals surface area contributed by atoms with Crippen molar-refractivity contribution in [3.63, 3.8) is 0 Å². The molecule has 0 spiro atoms. The summed E-state index contributed by atoms with van der Waals surface area (Å²) in [5.41, 5.74) is 11.9. The molecule has 10 rings (SSSR count). The third kappa shape index (κ3) is 4.54. The normalized spacial score (nSPS) is 11.6. The Labute approximate surface area is 288 Å². The minimum Gasteiger partial charge on any atom is -0.455 e. The third-order valence-electron chi connectivity index (χ3n) is 9.64. The Kier molecular flexibility index (Phi) is 6.46. The van der Waals surface area contributed by atoms with Crippen molar-refractivity contribution < 1.29 is 4.42 Å². The first-order valence-electron chi connectivity index (χ1n) is 16.8. The van der Waals surface area contributed by atoms with Crippen molar-refractivity contribution in [1.29, 1.82) is 0 Å². The number of para-hydroxylation sites is 5. The molecule has 0 saturated carbocycles. The van der Waals surface area contributed by atoms with Crippen LogP contribution in [0.25, 0.3) is 94.5 Å². The van der Waals surface area contributed by atoms with Crippen LogP contribution in [0, 0.1) is 0 Å². The highest BCUT2D eigenvalue weighted by molar-refractivity contribution is 6.10. The summed E-state index contributed by atoms with van der Waals surface area (Å²) in [6, 6.07) is 61.2. The van der Waals surface area contributed by atoms with Gasteiger partial charge in [-0.15, -0.1) is 0 Å². The van der Waals surface area contributed by atoms with Gasteiger partial charge in [0.2, 0.25) is 0 Å². The Balaban J connectivity index is 1.18. The lowest BCUT2D eigenvalue weighted by Crippen LogP contribution is -2.01. The first kappa shape index (κ1) is 28.3. The van der Waals surface area contributed by atoms with Gasteiger partial charge in [-0.2, -0.15) is 0 Å². The van der Waals surface area contributed by atoms with E-state index in [1.165, 1.54) is 10.8 Å². The molecule has 0 fully saturated rings. The third-order valence-corrected chi connectivity index (χ3v) is 9.64. The van der Waals surface area contributed by atoms with E-state index in [1.54, 1.807) is 0 Å². The highest BCUT2D eigenvalue weighted by Crippen LogP contribution is 2.39. The van der Waals surface area contributed by atoms with Crippen LogP contribution in [0.2, 0.25) is 0 Å². The van der Waals surface area contributed by atoms with Gasteiger partial charge in [-0.1, -0.05) is 133 Å². The maximum atomic E-state index is 6.42. The van der Waals surface area contributed by atoms with E-state index < -0.39 is 0 Å². The topological polar surface area (TPSA) is 43.9 Å². The van der Waals surface area contributed by atoms with Crippen LogP contribution in [0.3, 0.4) is 0 Å². The molecule has 50 heavy (non-hydrogen) atoms. The Morgan fingerprint density at radius 2 is 0.960 bits per heavy atom. The SMILES string of the molecule is c1ccc(-c2cc(-c3cccc(-c4cccc5c4oc4ccccc45)c3)nc(-c3ccccc3-n3c4ccccc4c4ccccc43)n2)cc1. The molecule has 0 unspecified atom stereocenters. The molecule has 3 aromatic heterocycles. The predicted molar refractivity (Wildman–Crippen MR) is 205 cm³/mol. The zero-order valence-corrected chi connectivity index (χ0v) is 27.0. The van der Waals surface area contributed by atoms with Crippen molar-refractivity contribution in [3.05, 3.63) is 176 Å². The fourth-order valence-corrected chi connectivity index (χ4v) is 7.33. The van der Waals surface area contributed by atoms with E-state index in [4.69, 9.17) is 14.4 Å². The number of furan rings is 1. The summed E-state index contributed by atoms with van der Waals surface area (Å²) in [5.74, 6) is 0.670. The summed E-state index contributed by atoms with van der Waals surface area (Å²) in [6.45, 7) is 0. The first-order valence-corrected chi connectivity index (χ1v) is 16.8. The number of aromatic nitrogens is 3. The van der Waals surface area contributed by atoms with Gasteiger partial charge in [-0.25, -0.2) is 9.97 Å². The molecule has 0 aliphatic carbocycles. The highest BCUT2D eigenvalue weighted by atomic mass is 16.3. The van der Waals surface area contributed by atoms with Crippen molar-refractivity contribution in [3.8, 4) is 50.7 Å². The first-order chi connectivity index (χ1) is 24.8. The molecule has 0 N–H and O–H groups in total. The van der Waals surface area contributed by atoms with Gasteiger partial charge in [0.05, 0.1) is 28.1 Å². The number of nitrogens with zero attached hydrogens (tertiary/aromatic N) is 3. The maximum absolute atomic E-state index is 6.42. The van der Waals surface area contributed by atoms with Gasteiger partial charge in [0.15, 0.2) is 5.82 Å². The molecule has 4 heteroatoms. The Morgan fingerprint density at radius 1 is 0.400 bits per heavy atom. The molecule has 0 saturated heterocycles. The second-order valence-corrected chi connectivity index (χ2v) is 12.6. The standard InChI is InChI=1S/C46H29N3O/c1-2-14-30(15-3-1)39-29-40(32-17-12-16-31(28-32)33-22-13-23-37-36-20-7-11-27-44(36)50-45(33)37)48-46(47-39)38-21-6-10-26-43(38)49-41-24-8-4-18-34(41)35-19-5-9-25-42(35)49/h1-29H. The molecule has 0 atom stereocenters. The second kappa shape index (κ2) is 11.4. The number of benzene rings is 7.